The van der Waals surface area contributed by atoms with E-state index in [2.05, 4.69) is 51.8 Å². The van der Waals surface area contributed by atoms with Gasteiger partial charge in [-0.15, -0.1) is 0 Å². The zero-order valence-electron chi connectivity index (χ0n) is 36.2. The number of piperidine rings is 1. The molecule has 4 amide bonds. The highest BCUT2D eigenvalue weighted by atomic mass is 19.1. The summed E-state index contributed by atoms with van der Waals surface area (Å²) in [7, 11) is 2.05. The van der Waals surface area contributed by atoms with Crippen LogP contribution in [0.25, 0.3) is 22.2 Å². The number of ketones is 1. The Morgan fingerprint density at radius 1 is 0.734 bits per heavy atom. The molecule has 4 aromatic rings. The summed E-state index contributed by atoms with van der Waals surface area (Å²) in [5, 5.41) is 6.20. The number of benzene rings is 3. The van der Waals surface area contributed by atoms with Gasteiger partial charge in [0.1, 0.15) is 11.9 Å². The number of carbonyl (C=O) groups excluding carboxylic acids is 5. The third kappa shape index (κ3) is 11.8. The van der Waals surface area contributed by atoms with E-state index >= 15 is 0 Å². The van der Waals surface area contributed by atoms with Crippen molar-refractivity contribution in [2.24, 2.45) is 0 Å². The molecule has 2 aliphatic heterocycles. The van der Waals surface area contributed by atoms with Crippen LogP contribution in [0.3, 0.4) is 0 Å². The standard InChI is InChI=1S/C47H56FN5O11/c1-52(30-31-8-10-32(11-9-31)44-34-4-3-7-40(54)36-28-33(48)29-38(50-44)42(34)36)15-17-60-19-21-62-23-25-64-27-26-63-24-22-61-20-18-59-16-14-49-37-6-2-5-35-43(37)47(58)53(46(35)57)39-12-13-41(55)51-45(39)56/h2,5-6,8-11,28-29,39,49-50H,3-4,7,12-27,30H2,1H3,(H,51,55,56). The number of carbonyl (C=O) groups is 5. The lowest BCUT2D eigenvalue weighted by atomic mass is 9.99. The Morgan fingerprint density at radius 2 is 1.38 bits per heavy atom. The molecule has 3 aromatic carbocycles. The van der Waals surface area contributed by atoms with Gasteiger partial charge in [0.25, 0.3) is 11.8 Å². The monoisotopic (exact) mass is 885 g/mol. The van der Waals surface area contributed by atoms with Crippen molar-refractivity contribution in [2.75, 3.05) is 105 Å². The Labute approximate surface area is 371 Å². The fourth-order valence-corrected chi connectivity index (χ4v) is 8.15. The molecule has 0 bridgehead atoms. The molecule has 1 atom stereocenters. The number of aryl methyl sites for hydroxylation is 1. The number of imide groups is 2. The topological polar surface area (TPSA) is 187 Å². The molecule has 0 radical (unpaired) electrons. The van der Waals surface area contributed by atoms with Gasteiger partial charge in [-0.3, -0.25) is 39.1 Å². The number of Topliss-reactive ketones (excluding diaryl/α,β-unsaturated/α-hetero) is 1. The van der Waals surface area contributed by atoms with E-state index in [4.69, 9.17) is 28.4 Å². The third-order valence-electron chi connectivity index (χ3n) is 11.3. The zero-order chi connectivity index (χ0) is 44.8. The van der Waals surface area contributed by atoms with Crippen LogP contribution in [0.4, 0.5) is 10.1 Å². The molecular formula is C47H56FN5O11. The number of nitrogens with one attached hydrogen (secondary N) is 3. The molecule has 16 nitrogen and oxygen atoms in total. The van der Waals surface area contributed by atoms with Crippen LogP contribution in [0.2, 0.25) is 0 Å². The Balaban J connectivity index is 0.647. The van der Waals surface area contributed by atoms with Gasteiger partial charge in [-0.05, 0) is 67.3 Å². The molecule has 1 saturated heterocycles. The van der Waals surface area contributed by atoms with Crippen molar-refractivity contribution >= 4 is 46.0 Å². The lowest BCUT2D eigenvalue weighted by Crippen LogP contribution is -2.54. The van der Waals surface area contributed by atoms with E-state index in [-0.39, 0.29) is 29.8 Å². The van der Waals surface area contributed by atoms with Crippen LogP contribution in [0, 0.1) is 5.82 Å². The number of fused-ring (bicyclic) bond motifs is 1. The predicted octanol–water partition coefficient (Wildman–Crippen LogP) is 4.54. The molecule has 1 aromatic heterocycles. The van der Waals surface area contributed by atoms with E-state index in [1.165, 1.54) is 17.7 Å². The highest BCUT2D eigenvalue weighted by Gasteiger charge is 2.45. The second-order valence-corrected chi connectivity index (χ2v) is 15.8. The van der Waals surface area contributed by atoms with Crippen LogP contribution in [0.5, 0.6) is 0 Å². The fraction of sp³-hybridized carbons (Fsp3) is 0.468. The molecule has 17 heteroatoms. The van der Waals surface area contributed by atoms with E-state index in [0.29, 0.717) is 109 Å². The van der Waals surface area contributed by atoms with Gasteiger partial charge in [-0.25, -0.2) is 4.39 Å². The number of likely N-dealkylation sites (N-methyl/N-ethyl adjacent to an activating group) is 1. The number of hydrogen-bond donors (Lipinski definition) is 3. The number of H-pyrrole nitrogens is 1. The molecular weight excluding hydrogens is 830 g/mol. The van der Waals surface area contributed by atoms with Gasteiger partial charge in [-0.2, -0.15) is 0 Å². The third-order valence-corrected chi connectivity index (χ3v) is 11.3. The minimum atomic E-state index is -1.02. The second kappa shape index (κ2) is 23.0. The highest BCUT2D eigenvalue weighted by molar-refractivity contribution is 6.25. The van der Waals surface area contributed by atoms with Gasteiger partial charge >= 0.3 is 0 Å². The maximum Gasteiger partial charge on any atom is 0.264 e. The van der Waals surface area contributed by atoms with Crippen LogP contribution in [-0.4, -0.2) is 150 Å². The first-order chi connectivity index (χ1) is 31.2. The Kier molecular flexibility index (Phi) is 16.7. The van der Waals surface area contributed by atoms with Crippen LogP contribution in [0.15, 0.2) is 54.6 Å². The van der Waals surface area contributed by atoms with E-state index < -0.39 is 35.5 Å². The van der Waals surface area contributed by atoms with Gasteiger partial charge in [-0.1, -0.05) is 30.3 Å². The van der Waals surface area contributed by atoms with Gasteiger partial charge in [0, 0.05) is 60.3 Å². The van der Waals surface area contributed by atoms with Crippen LogP contribution < -0.4 is 10.6 Å². The largest absolute Gasteiger partial charge is 0.382 e. The number of rotatable bonds is 26. The summed E-state index contributed by atoms with van der Waals surface area (Å²) in [6, 6.07) is 15.1. The SMILES string of the molecule is CN(CCOCCOCCOCCOCCOCCOCCNc1cccc2c1C(=O)N(C1CCC(=O)NC1=O)C2=O)Cc1ccc(-c2[nH]c3cc(F)cc4c3c2CCCC4=O)cc1. The van der Waals surface area contributed by atoms with Crippen LogP contribution in [0.1, 0.15) is 67.9 Å². The van der Waals surface area contributed by atoms with Gasteiger partial charge < -0.3 is 38.7 Å². The maximum atomic E-state index is 14.3. The van der Waals surface area contributed by atoms with E-state index in [0.717, 1.165) is 53.0 Å². The molecule has 3 heterocycles. The summed E-state index contributed by atoms with van der Waals surface area (Å²) in [6.07, 6.45) is 2.12. The average molecular weight is 886 g/mol. The number of aromatic amines is 1. The lowest BCUT2D eigenvalue weighted by molar-refractivity contribution is -0.136. The molecule has 3 N–H and O–H groups in total. The van der Waals surface area contributed by atoms with Crippen molar-refractivity contribution in [2.45, 2.75) is 44.7 Å². The second-order valence-electron chi connectivity index (χ2n) is 15.8. The predicted molar refractivity (Wildman–Crippen MR) is 234 cm³/mol. The van der Waals surface area contributed by atoms with Crippen molar-refractivity contribution < 1.29 is 56.8 Å². The zero-order valence-corrected chi connectivity index (χ0v) is 36.2. The number of aromatic nitrogens is 1. The first kappa shape index (κ1) is 46.6. The minimum Gasteiger partial charge on any atom is -0.382 e. The van der Waals surface area contributed by atoms with Gasteiger partial charge in [0.15, 0.2) is 5.78 Å². The summed E-state index contributed by atoms with van der Waals surface area (Å²) in [6.45, 7) is 7.17. The molecule has 3 aliphatic rings. The number of hydrogen-bond acceptors (Lipinski definition) is 13. The molecule has 1 unspecified atom stereocenters. The highest BCUT2D eigenvalue weighted by Crippen LogP contribution is 2.37. The summed E-state index contributed by atoms with van der Waals surface area (Å²) in [5.74, 6) is -2.58. The van der Waals surface area contributed by atoms with Gasteiger partial charge in [0.2, 0.25) is 11.8 Å². The summed E-state index contributed by atoms with van der Waals surface area (Å²) < 4.78 is 47.9. The number of halogens is 1. The quantitative estimate of drug-likeness (QED) is 0.0590. The average Bonchev–Trinajstić information content (AvgIpc) is 3.70. The van der Waals surface area contributed by atoms with Crippen molar-refractivity contribution in [3.63, 3.8) is 0 Å². The Hall–Kier alpha value is -5.40. The molecule has 1 fully saturated rings. The fourth-order valence-electron chi connectivity index (χ4n) is 8.15. The summed E-state index contributed by atoms with van der Waals surface area (Å²) in [5.41, 5.74) is 6.28. The Bertz CT molecular complexity index is 2280. The first-order valence-corrected chi connectivity index (χ1v) is 21.9. The Morgan fingerprint density at radius 3 is 2.03 bits per heavy atom. The number of ether oxygens (including phenoxy) is 6. The lowest BCUT2D eigenvalue weighted by Gasteiger charge is -2.27. The summed E-state index contributed by atoms with van der Waals surface area (Å²) in [4.78, 5) is 69.2. The normalized spacial score (nSPS) is 16.3. The van der Waals surface area contributed by atoms with Crippen molar-refractivity contribution in [3.8, 4) is 11.3 Å². The van der Waals surface area contributed by atoms with Crippen LogP contribution in [-0.2, 0) is 51.0 Å². The number of anilines is 1. The van der Waals surface area contributed by atoms with Crippen LogP contribution >= 0.6 is 0 Å². The van der Waals surface area contributed by atoms with E-state index in [9.17, 15) is 28.4 Å². The molecule has 1 aliphatic carbocycles. The van der Waals surface area contributed by atoms with Gasteiger partial charge in [0.05, 0.1) is 90.4 Å². The molecule has 7 rings (SSSR count). The van der Waals surface area contributed by atoms with Crippen molar-refractivity contribution in [1.82, 2.24) is 20.1 Å². The first-order valence-electron chi connectivity index (χ1n) is 21.9. The molecule has 0 saturated carbocycles. The molecule has 64 heavy (non-hydrogen) atoms. The minimum absolute atomic E-state index is 0.000766. The van der Waals surface area contributed by atoms with E-state index in [1.54, 1.807) is 18.2 Å². The molecule has 0 spiro atoms. The number of nitrogens with zero attached hydrogens (tertiary/aromatic N) is 2. The number of amides is 4. The summed E-state index contributed by atoms with van der Waals surface area (Å²) >= 11 is 0. The van der Waals surface area contributed by atoms with Crippen molar-refractivity contribution in [1.29, 1.82) is 0 Å². The maximum absolute atomic E-state index is 14.3. The molecule has 342 valence electrons. The van der Waals surface area contributed by atoms with Crippen molar-refractivity contribution in [3.05, 3.63) is 88.2 Å². The van der Waals surface area contributed by atoms with E-state index in [1.807, 2.05) is 0 Å². The smallest absolute Gasteiger partial charge is 0.264 e.